The standard InChI is InChI=1S/C23H27FN2O/c1-25-22(15-19(23(25)27)16-26-13-5-2-6-14-26)18-11-9-17(10-12-18)20-7-3-4-8-21(20)24/h3-4,7-12,19,22H,2,5-6,13-16H2,1H3/t19-,22+/m1/s1. The Balaban J connectivity index is 1.48. The minimum atomic E-state index is -0.208. The molecule has 0 aromatic heterocycles. The van der Waals surface area contributed by atoms with Crippen molar-refractivity contribution in [2.45, 2.75) is 31.7 Å². The topological polar surface area (TPSA) is 23.6 Å². The lowest BCUT2D eigenvalue weighted by atomic mass is 9.96. The maximum atomic E-state index is 14.0. The zero-order valence-corrected chi connectivity index (χ0v) is 15.9. The summed E-state index contributed by atoms with van der Waals surface area (Å²) >= 11 is 0. The quantitative estimate of drug-likeness (QED) is 0.795. The first-order valence-corrected chi connectivity index (χ1v) is 9.97. The highest BCUT2D eigenvalue weighted by molar-refractivity contribution is 5.81. The van der Waals surface area contributed by atoms with Gasteiger partial charge in [-0.2, -0.15) is 0 Å². The van der Waals surface area contributed by atoms with Gasteiger partial charge < -0.3 is 9.80 Å². The molecular weight excluding hydrogens is 339 g/mol. The van der Waals surface area contributed by atoms with Crippen LogP contribution in [0.15, 0.2) is 48.5 Å². The first kappa shape index (κ1) is 18.2. The number of benzene rings is 2. The van der Waals surface area contributed by atoms with Gasteiger partial charge in [-0.15, -0.1) is 0 Å². The van der Waals surface area contributed by atoms with Crippen molar-refractivity contribution in [3.8, 4) is 11.1 Å². The van der Waals surface area contributed by atoms with E-state index in [1.807, 2.05) is 42.3 Å². The second-order valence-corrected chi connectivity index (χ2v) is 7.86. The van der Waals surface area contributed by atoms with Gasteiger partial charge in [0.05, 0.1) is 12.0 Å². The van der Waals surface area contributed by atoms with E-state index < -0.39 is 0 Å². The SMILES string of the molecule is CN1C(=O)[C@@H](CN2CCCCC2)C[C@H]1c1ccc(-c2ccccc2F)cc1. The van der Waals surface area contributed by atoms with E-state index in [9.17, 15) is 9.18 Å². The van der Waals surface area contributed by atoms with Crippen molar-refractivity contribution in [2.75, 3.05) is 26.7 Å². The molecule has 0 radical (unpaired) electrons. The largest absolute Gasteiger partial charge is 0.338 e. The molecule has 2 atom stereocenters. The van der Waals surface area contributed by atoms with Gasteiger partial charge in [0.15, 0.2) is 0 Å². The smallest absolute Gasteiger partial charge is 0.227 e. The second-order valence-electron chi connectivity index (χ2n) is 7.86. The zero-order chi connectivity index (χ0) is 18.8. The second kappa shape index (κ2) is 7.81. The minimum absolute atomic E-state index is 0.0874. The van der Waals surface area contributed by atoms with Gasteiger partial charge in [-0.3, -0.25) is 4.79 Å². The summed E-state index contributed by atoms with van der Waals surface area (Å²) in [7, 11) is 1.91. The van der Waals surface area contributed by atoms with Crippen molar-refractivity contribution in [3.63, 3.8) is 0 Å². The predicted molar refractivity (Wildman–Crippen MR) is 106 cm³/mol. The van der Waals surface area contributed by atoms with E-state index in [-0.39, 0.29) is 23.7 Å². The van der Waals surface area contributed by atoms with Crippen LogP contribution in [-0.2, 0) is 4.79 Å². The number of hydrogen-bond acceptors (Lipinski definition) is 2. The number of piperidine rings is 1. The molecular formula is C23H27FN2O. The van der Waals surface area contributed by atoms with Gasteiger partial charge in [0, 0.05) is 19.2 Å². The Morgan fingerprint density at radius 3 is 2.41 bits per heavy atom. The van der Waals surface area contributed by atoms with E-state index in [4.69, 9.17) is 0 Å². The van der Waals surface area contributed by atoms with Gasteiger partial charge >= 0.3 is 0 Å². The molecule has 0 bridgehead atoms. The molecule has 2 saturated heterocycles. The first-order valence-electron chi connectivity index (χ1n) is 9.97. The Morgan fingerprint density at radius 2 is 1.70 bits per heavy atom. The molecule has 4 rings (SSSR count). The molecule has 0 spiro atoms. The summed E-state index contributed by atoms with van der Waals surface area (Å²) < 4.78 is 14.0. The van der Waals surface area contributed by atoms with Gasteiger partial charge in [0.2, 0.25) is 5.91 Å². The van der Waals surface area contributed by atoms with Crippen LogP contribution in [0.25, 0.3) is 11.1 Å². The number of carbonyl (C=O) groups excluding carboxylic acids is 1. The van der Waals surface area contributed by atoms with Crippen LogP contribution in [0.4, 0.5) is 4.39 Å². The molecule has 2 aliphatic heterocycles. The summed E-state index contributed by atoms with van der Waals surface area (Å²) in [5.41, 5.74) is 2.61. The molecule has 3 nitrogen and oxygen atoms in total. The summed E-state index contributed by atoms with van der Waals surface area (Å²) in [5.74, 6) is 0.133. The Kier molecular flexibility index (Phi) is 5.26. The average Bonchev–Trinajstić information content (AvgIpc) is 2.98. The lowest BCUT2D eigenvalue weighted by Gasteiger charge is -2.28. The van der Waals surface area contributed by atoms with Crippen LogP contribution in [0.3, 0.4) is 0 Å². The van der Waals surface area contributed by atoms with Crippen molar-refractivity contribution in [1.29, 1.82) is 0 Å². The number of likely N-dealkylation sites (tertiary alicyclic amines) is 2. The van der Waals surface area contributed by atoms with Crippen LogP contribution < -0.4 is 0 Å². The molecule has 2 aliphatic rings. The summed E-state index contributed by atoms with van der Waals surface area (Å²) in [5, 5.41) is 0. The van der Waals surface area contributed by atoms with Crippen LogP contribution in [0, 0.1) is 11.7 Å². The van der Waals surface area contributed by atoms with Crippen molar-refractivity contribution in [2.24, 2.45) is 5.92 Å². The lowest BCUT2D eigenvalue weighted by molar-refractivity contribution is -0.131. The maximum absolute atomic E-state index is 14.0. The molecule has 2 fully saturated rings. The zero-order valence-electron chi connectivity index (χ0n) is 15.9. The highest BCUT2D eigenvalue weighted by atomic mass is 19.1. The molecule has 0 N–H and O–H groups in total. The fraction of sp³-hybridized carbons (Fsp3) is 0.435. The van der Waals surface area contributed by atoms with Crippen LogP contribution in [0.1, 0.15) is 37.3 Å². The number of hydrogen-bond donors (Lipinski definition) is 0. The number of halogens is 1. The molecule has 1 amide bonds. The number of amides is 1. The third-order valence-corrected chi connectivity index (χ3v) is 6.08. The molecule has 142 valence electrons. The monoisotopic (exact) mass is 366 g/mol. The summed E-state index contributed by atoms with van der Waals surface area (Å²) in [6.45, 7) is 3.12. The van der Waals surface area contributed by atoms with Gasteiger partial charge in [-0.05, 0) is 49.5 Å². The van der Waals surface area contributed by atoms with Gasteiger partial charge in [0.1, 0.15) is 5.82 Å². The molecule has 0 saturated carbocycles. The highest BCUT2D eigenvalue weighted by Crippen LogP contribution is 2.36. The minimum Gasteiger partial charge on any atom is -0.338 e. The Morgan fingerprint density at radius 1 is 1.00 bits per heavy atom. The number of carbonyl (C=O) groups is 1. The number of nitrogens with zero attached hydrogens (tertiary/aromatic N) is 2. The normalized spacial score (nSPS) is 23.8. The number of rotatable bonds is 4. The molecule has 4 heteroatoms. The van der Waals surface area contributed by atoms with Gasteiger partial charge in [0.25, 0.3) is 0 Å². The van der Waals surface area contributed by atoms with Crippen LogP contribution >= 0.6 is 0 Å². The van der Waals surface area contributed by atoms with Crippen molar-refractivity contribution >= 4 is 5.91 Å². The molecule has 2 heterocycles. The van der Waals surface area contributed by atoms with Gasteiger partial charge in [-0.25, -0.2) is 4.39 Å². The summed E-state index contributed by atoms with van der Waals surface area (Å²) in [6, 6.07) is 15.0. The molecule has 0 unspecified atom stereocenters. The third-order valence-electron chi connectivity index (χ3n) is 6.08. The highest BCUT2D eigenvalue weighted by Gasteiger charge is 2.38. The Bertz CT molecular complexity index is 798. The van der Waals surface area contributed by atoms with Crippen molar-refractivity contribution < 1.29 is 9.18 Å². The molecule has 2 aromatic rings. The molecule has 2 aromatic carbocycles. The predicted octanol–water partition coefficient (Wildman–Crippen LogP) is 4.50. The van der Waals surface area contributed by atoms with Crippen LogP contribution in [0.2, 0.25) is 0 Å². The van der Waals surface area contributed by atoms with E-state index in [0.29, 0.717) is 5.56 Å². The van der Waals surface area contributed by atoms with E-state index in [2.05, 4.69) is 4.90 Å². The third kappa shape index (κ3) is 3.77. The lowest BCUT2D eigenvalue weighted by Crippen LogP contribution is -2.36. The fourth-order valence-electron chi connectivity index (χ4n) is 4.52. The van der Waals surface area contributed by atoms with Crippen LogP contribution in [-0.4, -0.2) is 42.4 Å². The Hall–Kier alpha value is -2.20. The average molecular weight is 366 g/mol. The molecule has 0 aliphatic carbocycles. The van der Waals surface area contributed by atoms with Crippen molar-refractivity contribution in [1.82, 2.24) is 9.80 Å². The van der Waals surface area contributed by atoms with Gasteiger partial charge in [-0.1, -0.05) is 48.9 Å². The summed E-state index contributed by atoms with van der Waals surface area (Å²) in [4.78, 5) is 17.1. The van der Waals surface area contributed by atoms with Crippen LogP contribution in [0.5, 0.6) is 0 Å². The Labute approximate surface area is 160 Å². The van der Waals surface area contributed by atoms with E-state index in [0.717, 1.165) is 37.2 Å². The fourth-order valence-corrected chi connectivity index (χ4v) is 4.52. The van der Waals surface area contributed by atoms with Crippen molar-refractivity contribution in [3.05, 3.63) is 59.9 Å². The maximum Gasteiger partial charge on any atom is 0.227 e. The molecule has 27 heavy (non-hydrogen) atoms. The van der Waals surface area contributed by atoms with E-state index in [1.165, 1.54) is 25.3 Å². The first-order chi connectivity index (χ1) is 13.1. The summed E-state index contributed by atoms with van der Waals surface area (Å²) in [6.07, 6.45) is 4.67. The van der Waals surface area contributed by atoms with E-state index in [1.54, 1.807) is 12.1 Å². The van der Waals surface area contributed by atoms with E-state index >= 15 is 0 Å².